The van der Waals surface area contributed by atoms with E-state index >= 15 is 0 Å². The normalized spacial score (nSPS) is 13.6. The lowest BCUT2D eigenvalue weighted by atomic mass is 10.1. The molecule has 4 rings (SSSR count). The Hall–Kier alpha value is -4.09. The van der Waals surface area contributed by atoms with Gasteiger partial charge in [-0.1, -0.05) is 29.8 Å². The number of carbonyl (C=O) groups excluding carboxylic acids is 2. The summed E-state index contributed by atoms with van der Waals surface area (Å²) in [6.07, 6.45) is 4.60. The van der Waals surface area contributed by atoms with Gasteiger partial charge in [-0.25, -0.2) is 13.8 Å². The topological polar surface area (TPSA) is 118 Å². The van der Waals surface area contributed by atoms with Gasteiger partial charge in [-0.05, 0) is 79.4 Å². The van der Waals surface area contributed by atoms with Crippen LogP contribution in [0.5, 0.6) is 11.5 Å². The Bertz CT molecular complexity index is 1480. The van der Waals surface area contributed by atoms with E-state index in [9.17, 15) is 18.0 Å². The van der Waals surface area contributed by atoms with E-state index in [2.05, 4.69) is 10.5 Å². The van der Waals surface area contributed by atoms with E-state index < -0.39 is 22.5 Å². The van der Waals surface area contributed by atoms with Crippen LogP contribution < -0.4 is 19.2 Å². The van der Waals surface area contributed by atoms with E-state index in [4.69, 9.17) is 21.1 Å². The number of anilines is 1. The number of sulfonamides is 1. The molecule has 0 spiro atoms. The molecule has 1 aliphatic heterocycles. The fourth-order valence-electron chi connectivity index (χ4n) is 4.25. The third kappa shape index (κ3) is 7.99. The third-order valence-electron chi connectivity index (χ3n) is 6.38. The maximum Gasteiger partial charge on any atom is 0.264 e. The fourth-order valence-corrected chi connectivity index (χ4v) is 5.86. The van der Waals surface area contributed by atoms with E-state index in [1.54, 1.807) is 48.5 Å². The van der Waals surface area contributed by atoms with Crippen molar-refractivity contribution in [1.29, 1.82) is 0 Å². The number of likely N-dealkylation sites (tertiary alicyclic amines) is 1. The van der Waals surface area contributed by atoms with Crippen molar-refractivity contribution < 1.29 is 27.5 Å². The summed E-state index contributed by atoms with van der Waals surface area (Å²) in [7, 11) is -2.76. The number of piperidine rings is 1. The molecular weight excluding hydrogens is 568 g/mol. The number of hydrogen-bond acceptors (Lipinski definition) is 7. The molecule has 12 heteroatoms. The first-order valence-corrected chi connectivity index (χ1v) is 14.8. The van der Waals surface area contributed by atoms with Gasteiger partial charge in [0.15, 0.2) is 6.61 Å². The molecule has 0 aliphatic carbocycles. The lowest BCUT2D eigenvalue weighted by Crippen LogP contribution is -2.39. The number of carbonyl (C=O) groups is 2. The number of nitrogens with zero attached hydrogens (tertiary/aromatic N) is 3. The van der Waals surface area contributed by atoms with Crippen molar-refractivity contribution in [3.8, 4) is 11.5 Å². The van der Waals surface area contributed by atoms with Crippen LogP contribution in [0.3, 0.4) is 0 Å². The van der Waals surface area contributed by atoms with Gasteiger partial charge >= 0.3 is 0 Å². The van der Waals surface area contributed by atoms with E-state index in [0.717, 1.165) is 36.7 Å². The minimum atomic E-state index is -4.16. The summed E-state index contributed by atoms with van der Waals surface area (Å²) in [4.78, 5) is 27.0. The number of hydrazone groups is 1. The van der Waals surface area contributed by atoms with Gasteiger partial charge in [0.05, 0.1) is 23.9 Å². The number of amides is 2. The van der Waals surface area contributed by atoms with Crippen molar-refractivity contribution in [2.45, 2.75) is 24.2 Å². The maximum absolute atomic E-state index is 13.5. The van der Waals surface area contributed by atoms with Crippen molar-refractivity contribution in [2.75, 3.05) is 37.7 Å². The summed E-state index contributed by atoms with van der Waals surface area (Å²) in [5.41, 5.74) is 3.13. The molecule has 1 heterocycles. The summed E-state index contributed by atoms with van der Waals surface area (Å²) in [5.74, 6) is 0.0506. The van der Waals surface area contributed by atoms with Gasteiger partial charge < -0.3 is 14.4 Å². The number of benzene rings is 3. The van der Waals surface area contributed by atoms with Crippen LogP contribution in [0.15, 0.2) is 82.8 Å². The third-order valence-corrected chi connectivity index (χ3v) is 8.39. The first kappa shape index (κ1) is 29.9. The molecule has 41 heavy (non-hydrogen) atoms. The fraction of sp³-hybridized carbons (Fsp3) is 0.276. The zero-order valence-corrected chi connectivity index (χ0v) is 24.1. The standard InChI is InChI=1S/C29H31ClN4O6S/c1-39-27-15-12-23(30)18-26(27)34(41(37,38)25-8-4-2-5-9-25)20-28(35)32-31-19-22-10-13-24(14-11-22)40-21-29(36)33-16-6-3-7-17-33/h2,4-5,8-15,18-19H,3,6-7,16-17,20-21H2,1H3,(H,32,35)/b31-19-. The summed E-state index contributed by atoms with van der Waals surface area (Å²) in [5, 5.41) is 4.24. The zero-order valence-electron chi connectivity index (χ0n) is 22.5. The molecule has 0 atom stereocenters. The van der Waals surface area contributed by atoms with Crippen LogP contribution in [0.4, 0.5) is 5.69 Å². The lowest BCUT2D eigenvalue weighted by molar-refractivity contribution is -0.134. The number of ether oxygens (including phenoxy) is 2. The smallest absolute Gasteiger partial charge is 0.264 e. The van der Waals surface area contributed by atoms with Crippen molar-refractivity contribution >= 4 is 45.3 Å². The Morgan fingerprint density at radius 1 is 1.02 bits per heavy atom. The molecule has 0 unspecified atom stereocenters. The van der Waals surface area contributed by atoms with Gasteiger partial charge in [0, 0.05) is 18.1 Å². The lowest BCUT2D eigenvalue weighted by Gasteiger charge is -2.26. The highest BCUT2D eigenvalue weighted by Gasteiger charge is 2.29. The van der Waals surface area contributed by atoms with Crippen LogP contribution in [0.25, 0.3) is 0 Å². The Labute approximate surface area is 244 Å². The first-order chi connectivity index (χ1) is 19.8. The van der Waals surface area contributed by atoms with Gasteiger partial charge in [-0.15, -0.1) is 0 Å². The quantitative estimate of drug-likeness (QED) is 0.262. The molecule has 2 amide bonds. The molecule has 216 valence electrons. The molecule has 1 fully saturated rings. The predicted molar refractivity (Wildman–Crippen MR) is 157 cm³/mol. The maximum atomic E-state index is 13.5. The number of halogens is 1. The number of nitrogens with one attached hydrogen (secondary N) is 1. The average Bonchev–Trinajstić information content (AvgIpc) is 3.00. The van der Waals surface area contributed by atoms with Crippen molar-refractivity contribution in [1.82, 2.24) is 10.3 Å². The van der Waals surface area contributed by atoms with E-state index in [1.165, 1.54) is 37.6 Å². The SMILES string of the molecule is COc1ccc(Cl)cc1N(CC(=O)N/N=C\c1ccc(OCC(=O)N2CCCCC2)cc1)S(=O)(=O)c1ccccc1. The number of methoxy groups -OCH3 is 1. The van der Waals surface area contributed by atoms with Crippen molar-refractivity contribution in [2.24, 2.45) is 5.10 Å². The van der Waals surface area contributed by atoms with Gasteiger partial charge in [0.1, 0.15) is 18.0 Å². The second kappa shape index (κ2) is 14.0. The Balaban J connectivity index is 1.40. The highest BCUT2D eigenvalue weighted by atomic mass is 35.5. The Morgan fingerprint density at radius 2 is 1.73 bits per heavy atom. The molecule has 3 aromatic rings. The van der Waals surface area contributed by atoms with Crippen LogP contribution in [0.2, 0.25) is 5.02 Å². The average molecular weight is 599 g/mol. The van der Waals surface area contributed by atoms with E-state index in [-0.39, 0.29) is 33.9 Å². The minimum absolute atomic E-state index is 0.00160. The van der Waals surface area contributed by atoms with Crippen LogP contribution in [0, 0.1) is 0 Å². The minimum Gasteiger partial charge on any atom is -0.495 e. The van der Waals surface area contributed by atoms with Gasteiger partial charge in [-0.2, -0.15) is 5.10 Å². The molecule has 10 nitrogen and oxygen atoms in total. The summed E-state index contributed by atoms with van der Waals surface area (Å²) in [6, 6.07) is 19.1. The highest BCUT2D eigenvalue weighted by molar-refractivity contribution is 7.92. The van der Waals surface area contributed by atoms with Crippen LogP contribution in [-0.2, 0) is 19.6 Å². The molecular formula is C29H31ClN4O6S. The molecule has 0 saturated carbocycles. The number of hydrogen-bond donors (Lipinski definition) is 1. The van der Waals surface area contributed by atoms with E-state index in [0.29, 0.717) is 11.3 Å². The molecule has 3 aromatic carbocycles. The van der Waals surface area contributed by atoms with Gasteiger partial charge in [0.25, 0.3) is 21.8 Å². The summed E-state index contributed by atoms with van der Waals surface area (Å²) < 4.78 is 39.0. The van der Waals surface area contributed by atoms with Gasteiger partial charge in [-0.3, -0.25) is 13.9 Å². The van der Waals surface area contributed by atoms with Crippen molar-refractivity contribution in [3.05, 3.63) is 83.4 Å². The largest absolute Gasteiger partial charge is 0.495 e. The second-order valence-electron chi connectivity index (χ2n) is 9.23. The second-order valence-corrected chi connectivity index (χ2v) is 11.5. The Kier molecular flexibility index (Phi) is 10.2. The molecule has 0 aromatic heterocycles. The summed E-state index contributed by atoms with van der Waals surface area (Å²) >= 11 is 6.15. The number of rotatable bonds is 11. The first-order valence-electron chi connectivity index (χ1n) is 13.0. The highest BCUT2D eigenvalue weighted by Crippen LogP contribution is 2.34. The van der Waals surface area contributed by atoms with E-state index in [1.807, 2.05) is 4.90 Å². The molecule has 1 N–H and O–H groups in total. The van der Waals surface area contributed by atoms with Crippen molar-refractivity contribution in [3.63, 3.8) is 0 Å². The molecule has 1 saturated heterocycles. The monoisotopic (exact) mass is 598 g/mol. The Morgan fingerprint density at radius 3 is 2.41 bits per heavy atom. The predicted octanol–water partition coefficient (Wildman–Crippen LogP) is 4.09. The van der Waals surface area contributed by atoms with Crippen LogP contribution in [0.1, 0.15) is 24.8 Å². The van der Waals surface area contributed by atoms with Crippen LogP contribution >= 0.6 is 11.6 Å². The summed E-state index contributed by atoms with van der Waals surface area (Å²) in [6.45, 7) is 0.935. The zero-order chi connectivity index (χ0) is 29.2. The van der Waals surface area contributed by atoms with Gasteiger partial charge in [0.2, 0.25) is 0 Å². The van der Waals surface area contributed by atoms with Crippen LogP contribution in [-0.4, -0.2) is 64.7 Å². The molecule has 0 bridgehead atoms. The molecule has 1 aliphatic rings. The molecule has 0 radical (unpaired) electrons.